The van der Waals surface area contributed by atoms with Gasteiger partial charge in [-0.1, -0.05) is 18.2 Å². The van der Waals surface area contributed by atoms with Crippen LogP contribution >= 0.6 is 0 Å². The highest BCUT2D eigenvalue weighted by Gasteiger charge is 2.05. The Hall–Kier alpha value is -0.560. The van der Waals surface area contributed by atoms with Crippen molar-refractivity contribution in [1.82, 2.24) is 5.32 Å². The van der Waals surface area contributed by atoms with Gasteiger partial charge in [0.25, 0.3) is 0 Å². The number of likely N-dealkylation sites (N-methyl/N-ethyl adjacent to an activating group) is 1. The molecule has 0 heterocycles. The van der Waals surface area contributed by atoms with Crippen molar-refractivity contribution >= 4 is 0 Å². The van der Waals surface area contributed by atoms with Crippen LogP contribution in [0, 0.1) is 0 Å². The molecule has 1 nitrogen and oxygen atoms in total. The van der Waals surface area contributed by atoms with E-state index in [4.69, 9.17) is 0 Å². The molecule has 0 aromatic carbocycles. The van der Waals surface area contributed by atoms with E-state index in [0.29, 0.717) is 6.04 Å². The summed E-state index contributed by atoms with van der Waals surface area (Å²) in [6.45, 7) is 2.18. The highest BCUT2D eigenvalue weighted by atomic mass is 14.9. The van der Waals surface area contributed by atoms with Crippen molar-refractivity contribution in [1.29, 1.82) is 0 Å². The second-order valence-electron chi connectivity index (χ2n) is 2.38. The minimum absolute atomic E-state index is 0.542. The molecule has 0 fully saturated rings. The normalized spacial score (nSPS) is 20.0. The predicted molar refractivity (Wildman–Crippen MR) is 40.4 cm³/mol. The van der Waals surface area contributed by atoms with Gasteiger partial charge in [0.1, 0.15) is 0 Å². The summed E-state index contributed by atoms with van der Waals surface area (Å²) >= 11 is 0. The summed E-state index contributed by atoms with van der Waals surface area (Å²) in [5, 5.41) is 3.20. The van der Waals surface area contributed by atoms with Crippen LogP contribution in [0.1, 0.15) is 13.3 Å². The van der Waals surface area contributed by atoms with Gasteiger partial charge in [-0.3, -0.25) is 0 Å². The summed E-state index contributed by atoms with van der Waals surface area (Å²) in [7, 11) is 1.99. The SMILES string of the molecule is CN[C@@H](C)C1=CC=CC1. The molecule has 1 aliphatic carbocycles. The maximum atomic E-state index is 3.20. The van der Waals surface area contributed by atoms with E-state index in [1.54, 1.807) is 0 Å². The fraction of sp³-hybridized carbons (Fsp3) is 0.500. The Morgan fingerprint density at radius 2 is 2.44 bits per heavy atom. The van der Waals surface area contributed by atoms with Crippen LogP contribution in [-0.4, -0.2) is 13.1 Å². The van der Waals surface area contributed by atoms with Gasteiger partial charge in [0, 0.05) is 6.04 Å². The lowest BCUT2D eigenvalue weighted by atomic mass is 10.1. The molecule has 0 spiro atoms. The molecule has 0 saturated carbocycles. The van der Waals surface area contributed by atoms with E-state index in [-0.39, 0.29) is 0 Å². The largest absolute Gasteiger partial charge is 0.314 e. The molecule has 0 aromatic rings. The van der Waals surface area contributed by atoms with E-state index in [2.05, 4.69) is 30.5 Å². The minimum Gasteiger partial charge on any atom is -0.314 e. The number of allylic oxidation sites excluding steroid dienone is 3. The van der Waals surface area contributed by atoms with Crippen LogP contribution in [0.5, 0.6) is 0 Å². The molecule has 9 heavy (non-hydrogen) atoms. The molecule has 0 radical (unpaired) electrons. The average Bonchev–Trinajstić information content (AvgIpc) is 2.37. The molecule has 0 bridgehead atoms. The maximum Gasteiger partial charge on any atom is 0.0254 e. The molecule has 1 N–H and O–H groups in total. The third-order valence-corrected chi connectivity index (χ3v) is 1.79. The first-order valence-electron chi connectivity index (χ1n) is 3.37. The van der Waals surface area contributed by atoms with Gasteiger partial charge in [-0.25, -0.2) is 0 Å². The Kier molecular flexibility index (Phi) is 2.06. The molecular formula is C8H13N. The van der Waals surface area contributed by atoms with E-state index in [1.165, 1.54) is 5.57 Å². The Balaban J connectivity index is 2.45. The zero-order chi connectivity index (χ0) is 6.69. The van der Waals surface area contributed by atoms with Gasteiger partial charge in [-0.05, 0) is 26.0 Å². The summed E-state index contributed by atoms with van der Waals surface area (Å²) in [5.41, 5.74) is 1.48. The number of hydrogen-bond donors (Lipinski definition) is 1. The van der Waals surface area contributed by atoms with Crippen LogP contribution < -0.4 is 5.32 Å². The lowest BCUT2D eigenvalue weighted by molar-refractivity contribution is 0.683. The number of nitrogens with one attached hydrogen (secondary N) is 1. The lowest BCUT2D eigenvalue weighted by Crippen LogP contribution is -2.22. The van der Waals surface area contributed by atoms with Gasteiger partial charge < -0.3 is 5.32 Å². The van der Waals surface area contributed by atoms with Crippen molar-refractivity contribution in [2.45, 2.75) is 19.4 Å². The van der Waals surface area contributed by atoms with Crippen LogP contribution in [-0.2, 0) is 0 Å². The summed E-state index contributed by atoms with van der Waals surface area (Å²) in [4.78, 5) is 0. The van der Waals surface area contributed by atoms with E-state index in [9.17, 15) is 0 Å². The molecule has 1 aliphatic rings. The number of hydrogen-bond acceptors (Lipinski definition) is 1. The minimum atomic E-state index is 0.542. The van der Waals surface area contributed by atoms with Crippen LogP contribution in [0.15, 0.2) is 23.8 Å². The van der Waals surface area contributed by atoms with E-state index in [1.807, 2.05) is 7.05 Å². The van der Waals surface area contributed by atoms with Crippen LogP contribution in [0.2, 0.25) is 0 Å². The molecule has 0 unspecified atom stereocenters. The first-order chi connectivity index (χ1) is 4.34. The molecule has 0 saturated heterocycles. The van der Waals surface area contributed by atoms with Gasteiger partial charge >= 0.3 is 0 Å². The van der Waals surface area contributed by atoms with Gasteiger partial charge in [0.05, 0.1) is 0 Å². The first kappa shape index (κ1) is 6.56. The zero-order valence-electron chi connectivity index (χ0n) is 6.02. The number of rotatable bonds is 2. The fourth-order valence-corrected chi connectivity index (χ4v) is 0.970. The zero-order valence-corrected chi connectivity index (χ0v) is 6.02. The standard InChI is InChI=1S/C8H13N/c1-7(9-2)8-5-3-4-6-8/h3-5,7,9H,6H2,1-2H3/t7-/m0/s1. The lowest BCUT2D eigenvalue weighted by Gasteiger charge is -2.09. The van der Waals surface area contributed by atoms with Gasteiger partial charge in [-0.2, -0.15) is 0 Å². The van der Waals surface area contributed by atoms with Crippen molar-refractivity contribution in [3.8, 4) is 0 Å². The third kappa shape index (κ3) is 1.42. The van der Waals surface area contributed by atoms with Crippen molar-refractivity contribution < 1.29 is 0 Å². The molecular weight excluding hydrogens is 110 g/mol. The molecule has 50 valence electrons. The Morgan fingerprint density at radius 1 is 1.67 bits per heavy atom. The van der Waals surface area contributed by atoms with Crippen molar-refractivity contribution in [2.24, 2.45) is 0 Å². The monoisotopic (exact) mass is 123 g/mol. The molecule has 1 atom stereocenters. The van der Waals surface area contributed by atoms with E-state index >= 15 is 0 Å². The smallest absolute Gasteiger partial charge is 0.0254 e. The van der Waals surface area contributed by atoms with Gasteiger partial charge in [0.2, 0.25) is 0 Å². The molecule has 0 aromatic heterocycles. The Morgan fingerprint density at radius 3 is 2.89 bits per heavy atom. The summed E-state index contributed by atoms with van der Waals surface area (Å²) in [6.07, 6.45) is 7.61. The van der Waals surface area contributed by atoms with Crippen molar-refractivity contribution in [3.05, 3.63) is 23.8 Å². The van der Waals surface area contributed by atoms with Gasteiger partial charge in [-0.15, -0.1) is 0 Å². The Labute approximate surface area is 56.5 Å². The van der Waals surface area contributed by atoms with Gasteiger partial charge in [0.15, 0.2) is 0 Å². The quantitative estimate of drug-likeness (QED) is 0.586. The summed E-state index contributed by atoms with van der Waals surface area (Å²) < 4.78 is 0. The predicted octanol–water partition coefficient (Wildman–Crippen LogP) is 1.48. The van der Waals surface area contributed by atoms with E-state index in [0.717, 1.165) is 6.42 Å². The molecule has 1 heteroatoms. The second-order valence-corrected chi connectivity index (χ2v) is 2.38. The topological polar surface area (TPSA) is 12.0 Å². The third-order valence-electron chi connectivity index (χ3n) is 1.79. The molecule has 1 rings (SSSR count). The van der Waals surface area contributed by atoms with Crippen molar-refractivity contribution in [2.75, 3.05) is 7.05 Å². The van der Waals surface area contributed by atoms with Crippen LogP contribution in [0.25, 0.3) is 0 Å². The second kappa shape index (κ2) is 2.83. The fourth-order valence-electron chi connectivity index (χ4n) is 0.970. The molecule has 0 amide bonds. The summed E-state index contributed by atoms with van der Waals surface area (Å²) in [6, 6.07) is 0.542. The Bertz CT molecular complexity index is 145. The highest BCUT2D eigenvalue weighted by Crippen LogP contribution is 2.13. The van der Waals surface area contributed by atoms with Crippen LogP contribution in [0.3, 0.4) is 0 Å². The van der Waals surface area contributed by atoms with Crippen molar-refractivity contribution in [3.63, 3.8) is 0 Å². The van der Waals surface area contributed by atoms with E-state index < -0.39 is 0 Å². The van der Waals surface area contributed by atoms with Crippen LogP contribution in [0.4, 0.5) is 0 Å². The molecule has 0 aliphatic heterocycles. The maximum absolute atomic E-state index is 3.20. The first-order valence-corrected chi connectivity index (χ1v) is 3.37. The summed E-state index contributed by atoms with van der Waals surface area (Å²) in [5.74, 6) is 0. The highest BCUT2D eigenvalue weighted by molar-refractivity contribution is 5.26. The average molecular weight is 123 g/mol.